The summed E-state index contributed by atoms with van der Waals surface area (Å²) in [6.45, 7) is 4.27. The van der Waals surface area contributed by atoms with Crippen LogP contribution in [-0.4, -0.2) is 27.0 Å². The molecule has 7 nitrogen and oxygen atoms in total. The SMILES string of the molecule is CCOC1=C/C(=C/c2c(N)n3nc(C(CC)c4ccccc4)sc3nc2=O)C=CC1=O. The fraction of sp³-hybridized carbons (Fsp3) is 0.217. The van der Waals surface area contributed by atoms with Gasteiger partial charge in [-0.05, 0) is 42.7 Å². The largest absolute Gasteiger partial charge is 0.490 e. The fourth-order valence-electron chi connectivity index (χ4n) is 3.46. The molecule has 2 N–H and O–H groups in total. The number of nitrogens with zero attached hydrogens (tertiary/aromatic N) is 3. The Hall–Kier alpha value is -3.52. The lowest BCUT2D eigenvalue weighted by Crippen LogP contribution is -2.17. The zero-order chi connectivity index (χ0) is 22.0. The molecule has 1 unspecified atom stereocenters. The van der Waals surface area contributed by atoms with Gasteiger partial charge in [0.05, 0.1) is 12.2 Å². The molecule has 1 aliphatic carbocycles. The minimum Gasteiger partial charge on any atom is -0.490 e. The number of anilines is 1. The van der Waals surface area contributed by atoms with Gasteiger partial charge < -0.3 is 10.5 Å². The Morgan fingerprint density at radius 1 is 1.19 bits per heavy atom. The molecule has 2 aromatic heterocycles. The van der Waals surface area contributed by atoms with E-state index in [0.29, 0.717) is 17.1 Å². The Balaban J connectivity index is 1.78. The van der Waals surface area contributed by atoms with Crippen molar-refractivity contribution in [2.75, 3.05) is 12.3 Å². The number of carbonyl (C=O) groups is 1. The van der Waals surface area contributed by atoms with Gasteiger partial charge in [0, 0.05) is 5.92 Å². The molecule has 4 rings (SSSR count). The van der Waals surface area contributed by atoms with Gasteiger partial charge in [0.2, 0.25) is 10.7 Å². The summed E-state index contributed by atoms with van der Waals surface area (Å²) in [6.07, 6.45) is 7.08. The topological polar surface area (TPSA) is 99.6 Å². The van der Waals surface area contributed by atoms with Crippen LogP contribution in [0.1, 0.15) is 42.3 Å². The van der Waals surface area contributed by atoms with Crippen molar-refractivity contribution in [2.45, 2.75) is 26.2 Å². The van der Waals surface area contributed by atoms with E-state index in [2.05, 4.69) is 29.1 Å². The highest BCUT2D eigenvalue weighted by molar-refractivity contribution is 7.16. The summed E-state index contributed by atoms with van der Waals surface area (Å²) in [5.41, 5.74) is 7.89. The van der Waals surface area contributed by atoms with E-state index < -0.39 is 5.56 Å². The first kappa shape index (κ1) is 20.7. The predicted molar refractivity (Wildman–Crippen MR) is 122 cm³/mol. The normalized spacial score (nSPS) is 16.0. The van der Waals surface area contributed by atoms with E-state index in [0.717, 1.165) is 17.0 Å². The highest BCUT2D eigenvalue weighted by atomic mass is 32.1. The van der Waals surface area contributed by atoms with Gasteiger partial charge in [-0.2, -0.15) is 14.6 Å². The highest BCUT2D eigenvalue weighted by Crippen LogP contribution is 2.31. The molecule has 1 atom stereocenters. The Morgan fingerprint density at radius 3 is 2.68 bits per heavy atom. The van der Waals surface area contributed by atoms with Crippen LogP contribution in [0.15, 0.2) is 64.7 Å². The summed E-state index contributed by atoms with van der Waals surface area (Å²) in [6, 6.07) is 10.1. The smallest absolute Gasteiger partial charge is 0.283 e. The molecule has 0 spiro atoms. The van der Waals surface area contributed by atoms with Crippen LogP contribution in [0.25, 0.3) is 11.0 Å². The standard InChI is InChI=1S/C23H22N4O3S/c1-3-16(15-8-6-5-7-9-15)22-26-27-20(24)17(21(29)25-23(27)31-22)12-14-10-11-18(28)19(13-14)30-4-2/h5-13,16H,3-4,24H2,1-2H3/b14-12+. The van der Waals surface area contributed by atoms with Gasteiger partial charge in [-0.3, -0.25) is 9.59 Å². The Labute approximate surface area is 183 Å². The van der Waals surface area contributed by atoms with Crippen molar-refractivity contribution in [1.82, 2.24) is 14.6 Å². The molecular formula is C23H22N4O3S. The Kier molecular flexibility index (Phi) is 5.81. The third kappa shape index (κ3) is 4.06. The zero-order valence-corrected chi connectivity index (χ0v) is 18.1. The maximum atomic E-state index is 12.7. The number of carbonyl (C=O) groups excluding carboxylic acids is 1. The van der Waals surface area contributed by atoms with Gasteiger partial charge in [-0.25, -0.2) is 0 Å². The maximum Gasteiger partial charge on any atom is 0.283 e. The second-order valence-electron chi connectivity index (χ2n) is 7.01. The van der Waals surface area contributed by atoms with E-state index in [1.54, 1.807) is 25.2 Å². The van der Waals surface area contributed by atoms with Crippen LogP contribution in [0.3, 0.4) is 0 Å². The number of hydrogen-bond donors (Lipinski definition) is 1. The lowest BCUT2D eigenvalue weighted by molar-refractivity contribution is -0.114. The van der Waals surface area contributed by atoms with Crippen molar-refractivity contribution in [3.05, 3.63) is 86.4 Å². The van der Waals surface area contributed by atoms with Gasteiger partial charge in [-0.15, -0.1) is 0 Å². The molecule has 0 saturated carbocycles. The average Bonchev–Trinajstić information content (AvgIpc) is 3.18. The molecule has 0 bridgehead atoms. The first-order valence-electron chi connectivity index (χ1n) is 10.0. The summed E-state index contributed by atoms with van der Waals surface area (Å²) in [7, 11) is 0. The zero-order valence-electron chi connectivity index (χ0n) is 17.2. The van der Waals surface area contributed by atoms with Crippen LogP contribution in [0.5, 0.6) is 0 Å². The van der Waals surface area contributed by atoms with Crippen molar-refractivity contribution >= 4 is 34.0 Å². The number of rotatable bonds is 6. The second-order valence-corrected chi connectivity index (χ2v) is 7.99. The molecule has 0 fully saturated rings. The van der Waals surface area contributed by atoms with Crippen LogP contribution in [0, 0.1) is 0 Å². The average molecular weight is 435 g/mol. The van der Waals surface area contributed by atoms with Crippen LogP contribution in [0.4, 0.5) is 5.82 Å². The number of fused-ring (bicyclic) bond motifs is 1. The van der Waals surface area contributed by atoms with Crippen LogP contribution in [-0.2, 0) is 9.53 Å². The molecule has 158 valence electrons. The number of nitrogens with two attached hydrogens (primary N) is 1. The maximum absolute atomic E-state index is 12.7. The quantitative estimate of drug-likeness (QED) is 0.635. The lowest BCUT2D eigenvalue weighted by atomic mass is 9.97. The first-order chi connectivity index (χ1) is 15.0. The second kappa shape index (κ2) is 8.69. The molecule has 0 amide bonds. The number of benzene rings is 1. The monoisotopic (exact) mass is 434 g/mol. The minimum atomic E-state index is -0.440. The van der Waals surface area contributed by atoms with Crippen molar-refractivity contribution < 1.29 is 9.53 Å². The molecule has 1 aliphatic rings. The van der Waals surface area contributed by atoms with Gasteiger partial charge in [0.1, 0.15) is 10.8 Å². The van der Waals surface area contributed by atoms with Gasteiger partial charge in [0.25, 0.3) is 5.56 Å². The van der Waals surface area contributed by atoms with Gasteiger partial charge in [-0.1, -0.05) is 54.7 Å². The molecule has 0 saturated heterocycles. The van der Waals surface area contributed by atoms with E-state index in [-0.39, 0.29) is 28.8 Å². The van der Waals surface area contributed by atoms with Crippen LogP contribution in [0.2, 0.25) is 0 Å². The third-order valence-electron chi connectivity index (χ3n) is 4.99. The van der Waals surface area contributed by atoms with Crippen molar-refractivity contribution in [2.24, 2.45) is 0 Å². The lowest BCUT2D eigenvalue weighted by Gasteiger charge is -2.11. The van der Waals surface area contributed by atoms with E-state index >= 15 is 0 Å². The minimum absolute atomic E-state index is 0.0909. The number of hydrogen-bond acceptors (Lipinski definition) is 7. The van der Waals surface area contributed by atoms with E-state index in [9.17, 15) is 9.59 Å². The Morgan fingerprint density at radius 2 is 1.97 bits per heavy atom. The number of allylic oxidation sites excluding steroid dienone is 4. The van der Waals surface area contributed by atoms with Crippen LogP contribution < -0.4 is 11.3 Å². The van der Waals surface area contributed by atoms with Crippen LogP contribution >= 0.6 is 11.3 Å². The van der Waals surface area contributed by atoms with Crippen molar-refractivity contribution in [3.63, 3.8) is 0 Å². The number of ketones is 1. The highest BCUT2D eigenvalue weighted by Gasteiger charge is 2.20. The molecule has 0 radical (unpaired) electrons. The predicted octanol–water partition coefficient (Wildman–Crippen LogP) is 3.72. The summed E-state index contributed by atoms with van der Waals surface area (Å²) in [5.74, 6) is 0.319. The van der Waals surface area contributed by atoms with E-state index in [1.807, 2.05) is 18.2 Å². The summed E-state index contributed by atoms with van der Waals surface area (Å²) in [4.78, 5) is 29.2. The fourth-order valence-corrected chi connectivity index (χ4v) is 4.57. The summed E-state index contributed by atoms with van der Waals surface area (Å²) >= 11 is 1.36. The molecular weight excluding hydrogens is 412 g/mol. The van der Waals surface area contributed by atoms with E-state index in [4.69, 9.17) is 10.5 Å². The number of aromatic nitrogens is 3. The molecule has 0 aliphatic heterocycles. The summed E-state index contributed by atoms with van der Waals surface area (Å²) in [5, 5.41) is 5.52. The van der Waals surface area contributed by atoms with Crippen molar-refractivity contribution in [3.8, 4) is 0 Å². The molecule has 3 aromatic rings. The van der Waals surface area contributed by atoms with Gasteiger partial charge >= 0.3 is 0 Å². The molecule has 2 heterocycles. The third-order valence-corrected chi connectivity index (χ3v) is 6.02. The summed E-state index contributed by atoms with van der Waals surface area (Å²) < 4.78 is 6.87. The number of ether oxygens (including phenoxy) is 1. The Bertz CT molecular complexity index is 1290. The molecule has 8 heteroatoms. The van der Waals surface area contributed by atoms with Gasteiger partial charge in [0.15, 0.2) is 5.76 Å². The number of nitrogen functional groups attached to an aromatic ring is 1. The first-order valence-corrected chi connectivity index (χ1v) is 10.9. The van der Waals surface area contributed by atoms with E-state index in [1.165, 1.54) is 21.9 Å². The molecule has 31 heavy (non-hydrogen) atoms. The van der Waals surface area contributed by atoms with Crippen molar-refractivity contribution in [1.29, 1.82) is 0 Å². The molecule has 1 aromatic carbocycles.